The number of hydrogen-bond acceptors (Lipinski definition) is 4. The summed E-state index contributed by atoms with van der Waals surface area (Å²) in [5, 5.41) is 3.51. The molecule has 0 aliphatic carbocycles. The van der Waals surface area contributed by atoms with Crippen LogP contribution in [0.15, 0.2) is 23.0 Å². The van der Waals surface area contributed by atoms with Crippen molar-refractivity contribution in [3.8, 4) is 0 Å². The van der Waals surface area contributed by atoms with E-state index in [1.54, 1.807) is 4.57 Å². The van der Waals surface area contributed by atoms with Gasteiger partial charge in [0.15, 0.2) is 0 Å². The number of hydrogen-bond donors (Lipinski definition) is 1. The van der Waals surface area contributed by atoms with Gasteiger partial charge in [0.05, 0.1) is 10.2 Å². The Morgan fingerprint density at radius 2 is 2.29 bits per heavy atom. The number of aromatic nitrogens is 1. The molecule has 4 nitrogen and oxygen atoms in total. The highest BCUT2D eigenvalue weighted by Crippen LogP contribution is 2.36. The van der Waals surface area contributed by atoms with Crippen molar-refractivity contribution < 1.29 is 0 Å². The van der Waals surface area contributed by atoms with Crippen LogP contribution in [0.1, 0.15) is 18.4 Å². The van der Waals surface area contributed by atoms with E-state index in [0.29, 0.717) is 5.41 Å². The van der Waals surface area contributed by atoms with E-state index >= 15 is 0 Å². The molecule has 0 amide bonds. The Labute approximate surface area is 128 Å². The predicted molar refractivity (Wildman–Crippen MR) is 86.9 cm³/mol. The first kappa shape index (κ1) is 13.5. The van der Waals surface area contributed by atoms with Crippen molar-refractivity contribution in [2.75, 3.05) is 26.2 Å². The Hall–Kier alpha value is -1.17. The third-order valence-electron chi connectivity index (χ3n) is 5.11. The lowest BCUT2D eigenvalue weighted by Crippen LogP contribution is -2.28. The average Bonchev–Trinajstić information content (AvgIpc) is 3.15. The van der Waals surface area contributed by atoms with E-state index in [2.05, 4.69) is 28.4 Å². The first-order valence-corrected chi connectivity index (χ1v) is 8.48. The fourth-order valence-electron chi connectivity index (χ4n) is 3.84. The minimum Gasteiger partial charge on any atom is -0.316 e. The van der Waals surface area contributed by atoms with Crippen molar-refractivity contribution in [1.82, 2.24) is 14.8 Å². The van der Waals surface area contributed by atoms with Gasteiger partial charge in [0.1, 0.15) is 0 Å². The molecule has 2 aromatic rings. The number of benzene rings is 1. The molecule has 1 aromatic carbocycles. The second-order valence-corrected chi connectivity index (χ2v) is 7.61. The van der Waals surface area contributed by atoms with E-state index in [9.17, 15) is 4.79 Å². The zero-order valence-corrected chi connectivity index (χ0v) is 13.2. The second-order valence-electron chi connectivity index (χ2n) is 6.62. The standard InChI is InChI=1S/C16H21N3OS/c1-18-13-3-2-12(8-14(13)21-15(18)20)9-19-7-5-16(11-19)4-6-17-10-16/h2-3,8,17H,4-7,9-11H2,1H3. The summed E-state index contributed by atoms with van der Waals surface area (Å²) >= 11 is 1.35. The van der Waals surface area contributed by atoms with Gasteiger partial charge >= 0.3 is 4.87 Å². The number of fused-ring (bicyclic) bond motifs is 1. The van der Waals surface area contributed by atoms with Crippen molar-refractivity contribution in [2.45, 2.75) is 19.4 Å². The number of likely N-dealkylation sites (tertiary alicyclic amines) is 1. The molecule has 2 fully saturated rings. The summed E-state index contributed by atoms with van der Waals surface area (Å²) in [6.07, 6.45) is 2.64. The van der Waals surface area contributed by atoms with Crippen LogP contribution < -0.4 is 10.2 Å². The molecule has 0 radical (unpaired) electrons. The molecular weight excluding hydrogens is 282 g/mol. The van der Waals surface area contributed by atoms with E-state index in [4.69, 9.17) is 0 Å². The molecule has 2 aliphatic rings. The Balaban J connectivity index is 1.53. The fourth-order valence-corrected chi connectivity index (χ4v) is 4.78. The summed E-state index contributed by atoms with van der Waals surface area (Å²) in [6, 6.07) is 6.46. The third kappa shape index (κ3) is 2.33. The van der Waals surface area contributed by atoms with Crippen molar-refractivity contribution >= 4 is 21.6 Å². The smallest absolute Gasteiger partial charge is 0.307 e. The molecule has 0 saturated carbocycles. The number of nitrogens with one attached hydrogen (secondary N) is 1. The molecule has 3 heterocycles. The van der Waals surface area contributed by atoms with Gasteiger partial charge in [-0.15, -0.1) is 0 Å². The average molecular weight is 303 g/mol. The maximum Gasteiger partial charge on any atom is 0.307 e. The zero-order valence-electron chi connectivity index (χ0n) is 12.4. The lowest BCUT2D eigenvalue weighted by atomic mass is 9.86. The van der Waals surface area contributed by atoms with Crippen LogP contribution >= 0.6 is 11.3 Å². The van der Waals surface area contributed by atoms with Crippen molar-refractivity contribution in [2.24, 2.45) is 12.5 Å². The summed E-state index contributed by atoms with van der Waals surface area (Å²) in [7, 11) is 1.85. The van der Waals surface area contributed by atoms with E-state index in [-0.39, 0.29) is 4.87 Å². The number of nitrogens with zero attached hydrogens (tertiary/aromatic N) is 2. The van der Waals surface area contributed by atoms with Gasteiger partial charge in [-0.3, -0.25) is 9.69 Å². The topological polar surface area (TPSA) is 37.3 Å². The molecule has 0 bridgehead atoms. The Bertz CT molecular complexity index is 727. The third-order valence-corrected chi connectivity index (χ3v) is 6.11. The molecule has 112 valence electrons. The number of aryl methyl sites for hydroxylation is 1. The molecule has 1 aromatic heterocycles. The summed E-state index contributed by atoms with van der Waals surface area (Å²) in [5.74, 6) is 0. The first-order chi connectivity index (χ1) is 10.2. The molecule has 5 heteroatoms. The van der Waals surface area contributed by atoms with E-state index in [1.165, 1.54) is 55.9 Å². The fraction of sp³-hybridized carbons (Fsp3) is 0.562. The highest BCUT2D eigenvalue weighted by atomic mass is 32.1. The normalized spacial score (nSPS) is 26.3. The van der Waals surface area contributed by atoms with Crippen LogP contribution in [0, 0.1) is 5.41 Å². The van der Waals surface area contributed by atoms with Gasteiger partial charge in [0.25, 0.3) is 0 Å². The van der Waals surface area contributed by atoms with Gasteiger partial charge in [-0.1, -0.05) is 17.4 Å². The molecule has 4 rings (SSSR count). The largest absolute Gasteiger partial charge is 0.316 e. The minimum atomic E-state index is 0.124. The summed E-state index contributed by atoms with van der Waals surface area (Å²) in [5.41, 5.74) is 2.90. The van der Waals surface area contributed by atoms with Gasteiger partial charge in [-0.25, -0.2) is 0 Å². The Morgan fingerprint density at radius 3 is 3.10 bits per heavy atom. The molecule has 21 heavy (non-hydrogen) atoms. The van der Waals surface area contributed by atoms with Crippen molar-refractivity contribution in [1.29, 1.82) is 0 Å². The summed E-state index contributed by atoms with van der Waals surface area (Å²) in [6.45, 7) is 5.78. The Kier molecular flexibility index (Phi) is 3.17. The van der Waals surface area contributed by atoms with Crippen LogP contribution in [0.4, 0.5) is 0 Å². The van der Waals surface area contributed by atoms with E-state index < -0.39 is 0 Å². The first-order valence-electron chi connectivity index (χ1n) is 7.67. The maximum absolute atomic E-state index is 11.7. The molecular formula is C16H21N3OS. The summed E-state index contributed by atoms with van der Waals surface area (Å²) in [4.78, 5) is 14.4. The minimum absolute atomic E-state index is 0.124. The molecule has 2 saturated heterocycles. The highest BCUT2D eigenvalue weighted by molar-refractivity contribution is 7.16. The highest BCUT2D eigenvalue weighted by Gasteiger charge is 2.39. The number of thiazole rings is 1. The molecule has 2 aliphatic heterocycles. The van der Waals surface area contributed by atoms with Gasteiger partial charge in [-0.2, -0.15) is 0 Å². The van der Waals surface area contributed by atoms with Gasteiger partial charge in [-0.05, 0) is 49.0 Å². The van der Waals surface area contributed by atoms with Crippen LogP contribution in [0.25, 0.3) is 10.2 Å². The second kappa shape index (κ2) is 4.93. The van der Waals surface area contributed by atoms with Crippen LogP contribution in [0.2, 0.25) is 0 Å². The number of rotatable bonds is 2. The van der Waals surface area contributed by atoms with Gasteiger partial charge in [0, 0.05) is 26.7 Å². The van der Waals surface area contributed by atoms with Crippen LogP contribution in [-0.4, -0.2) is 35.6 Å². The molecule has 1 N–H and O–H groups in total. The quantitative estimate of drug-likeness (QED) is 0.919. The maximum atomic E-state index is 11.7. The summed E-state index contributed by atoms with van der Waals surface area (Å²) < 4.78 is 2.84. The molecule has 1 spiro atoms. The lowest BCUT2D eigenvalue weighted by molar-refractivity contribution is 0.269. The van der Waals surface area contributed by atoms with Crippen molar-refractivity contribution in [3.63, 3.8) is 0 Å². The Morgan fingerprint density at radius 1 is 1.38 bits per heavy atom. The monoisotopic (exact) mass is 303 g/mol. The van der Waals surface area contributed by atoms with Crippen LogP contribution in [0.3, 0.4) is 0 Å². The SMILES string of the molecule is Cn1c(=O)sc2cc(CN3CCC4(CCNC4)C3)ccc21. The van der Waals surface area contributed by atoms with Crippen LogP contribution in [-0.2, 0) is 13.6 Å². The lowest BCUT2D eigenvalue weighted by Gasteiger charge is -2.22. The van der Waals surface area contributed by atoms with E-state index in [0.717, 1.165) is 16.8 Å². The van der Waals surface area contributed by atoms with E-state index in [1.807, 2.05) is 7.05 Å². The predicted octanol–water partition coefficient (Wildman–Crippen LogP) is 1.79. The molecule has 1 unspecified atom stereocenters. The molecule has 1 atom stereocenters. The van der Waals surface area contributed by atoms with Crippen LogP contribution in [0.5, 0.6) is 0 Å². The van der Waals surface area contributed by atoms with Gasteiger partial charge in [0.2, 0.25) is 0 Å². The van der Waals surface area contributed by atoms with Gasteiger partial charge < -0.3 is 9.88 Å². The zero-order chi connectivity index (χ0) is 14.4. The van der Waals surface area contributed by atoms with Crippen molar-refractivity contribution in [3.05, 3.63) is 33.4 Å².